The van der Waals surface area contributed by atoms with Crippen LogP contribution in [0.5, 0.6) is 0 Å². The number of carbonyl (C=O) groups is 1. The van der Waals surface area contributed by atoms with Gasteiger partial charge in [0.1, 0.15) is 6.04 Å². The zero-order valence-corrected chi connectivity index (χ0v) is 25.2. The lowest BCUT2D eigenvalue weighted by Crippen LogP contribution is -2.55. The molecule has 13 nitrogen and oxygen atoms in total. The lowest BCUT2D eigenvalue weighted by molar-refractivity contribution is -0.284. The summed E-state index contributed by atoms with van der Waals surface area (Å²) < 4.78 is 27.1. The first-order chi connectivity index (χ1) is 20.1. The topological polar surface area (TPSA) is 191 Å². The van der Waals surface area contributed by atoms with Gasteiger partial charge >= 0.3 is 0 Å². The number of nitriles is 1. The molecule has 0 aliphatic carbocycles. The fourth-order valence-electron chi connectivity index (χ4n) is 4.28. The third-order valence-corrected chi connectivity index (χ3v) is 9.84. The minimum atomic E-state index is -3.92. The molecule has 1 heterocycles. The number of hydrogen-bond donors (Lipinski definition) is 5. The lowest BCUT2D eigenvalue weighted by Gasteiger charge is -2.31. The highest BCUT2D eigenvalue weighted by atomic mass is 32.2. The van der Waals surface area contributed by atoms with Gasteiger partial charge in [-0.2, -0.15) is 9.57 Å². The maximum Gasteiger partial charge on any atom is 0.244 e. The molecule has 1 amide bonds. The Bertz CT molecular complexity index is 1330. The van der Waals surface area contributed by atoms with Gasteiger partial charge in [-0.05, 0) is 62.9 Å². The van der Waals surface area contributed by atoms with E-state index in [1.165, 1.54) is 28.2 Å². The van der Waals surface area contributed by atoms with E-state index in [0.717, 1.165) is 30.5 Å². The number of nitrogens with two attached hydrogens (primary N) is 1. The van der Waals surface area contributed by atoms with Crippen LogP contribution in [0.1, 0.15) is 38.7 Å². The molecule has 2 aromatic carbocycles. The second-order valence-electron chi connectivity index (χ2n) is 10.0. The summed E-state index contributed by atoms with van der Waals surface area (Å²) in [7, 11) is -3.92. The number of benzene rings is 2. The van der Waals surface area contributed by atoms with E-state index in [0.29, 0.717) is 13.2 Å². The van der Waals surface area contributed by atoms with E-state index >= 15 is 0 Å². The molecule has 3 rings (SSSR count). The maximum atomic E-state index is 13.4. The van der Waals surface area contributed by atoms with Crippen molar-refractivity contribution in [3.8, 4) is 6.19 Å². The summed E-state index contributed by atoms with van der Waals surface area (Å²) in [6.07, 6.45) is 3.26. The van der Waals surface area contributed by atoms with Gasteiger partial charge in [0, 0.05) is 17.7 Å². The van der Waals surface area contributed by atoms with Crippen molar-refractivity contribution in [2.75, 3.05) is 24.5 Å². The van der Waals surface area contributed by atoms with Crippen molar-refractivity contribution in [1.82, 2.24) is 14.9 Å². The number of carbonyl (C=O) groups excluding carboxylic acids is 1. The molecule has 2 atom stereocenters. The van der Waals surface area contributed by atoms with E-state index in [2.05, 4.69) is 26.0 Å². The molecule has 15 heteroatoms. The average Bonchev–Trinajstić information content (AvgIpc) is 3.31. The average molecular weight is 620 g/mol. The SMILES string of the molecule is CC1(C)SCN(S(=O)(=O)c2ccccc2)C1C(=O)NC(Cc1ccc(NOCCCCCN=C(N)NC#N)cc1)OO. The third kappa shape index (κ3) is 9.31. The van der Waals surface area contributed by atoms with Gasteiger partial charge in [0.2, 0.25) is 21.9 Å². The molecule has 0 spiro atoms. The van der Waals surface area contributed by atoms with Crippen LogP contribution in [-0.2, 0) is 31.0 Å². The molecular weight excluding hydrogens is 582 g/mol. The van der Waals surface area contributed by atoms with Crippen LogP contribution in [0.2, 0.25) is 0 Å². The van der Waals surface area contributed by atoms with Crippen LogP contribution >= 0.6 is 11.8 Å². The Labute approximate surface area is 250 Å². The molecule has 6 N–H and O–H groups in total. The summed E-state index contributed by atoms with van der Waals surface area (Å²) >= 11 is 1.36. The van der Waals surface area contributed by atoms with Gasteiger partial charge in [-0.25, -0.2) is 18.6 Å². The van der Waals surface area contributed by atoms with Crippen molar-refractivity contribution in [2.24, 2.45) is 10.7 Å². The van der Waals surface area contributed by atoms with Gasteiger partial charge in [0.05, 0.1) is 23.1 Å². The largest absolute Gasteiger partial charge is 0.369 e. The van der Waals surface area contributed by atoms with Crippen LogP contribution < -0.4 is 21.8 Å². The van der Waals surface area contributed by atoms with Crippen LogP contribution in [-0.4, -0.2) is 65.9 Å². The van der Waals surface area contributed by atoms with Crippen LogP contribution in [0, 0.1) is 11.5 Å². The van der Waals surface area contributed by atoms with Crippen molar-refractivity contribution >= 4 is 39.3 Å². The molecular formula is C27H37N7O6S2. The number of unbranched alkanes of at least 4 members (excludes halogenated alkanes) is 2. The number of guanidine groups is 1. The zero-order valence-electron chi connectivity index (χ0n) is 23.5. The summed E-state index contributed by atoms with van der Waals surface area (Å²) in [5, 5.41) is 22.9. The summed E-state index contributed by atoms with van der Waals surface area (Å²) in [6, 6.07) is 14.1. The highest BCUT2D eigenvalue weighted by Gasteiger charge is 2.51. The van der Waals surface area contributed by atoms with E-state index in [1.54, 1.807) is 48.7 Å². The fraction of sp³-hybridized carbons (Fsp3) is 0.444. The normalized spacial score (nSPS) is 17.8. The smallest absolute Gasteiger partial charge is 0.244 e. The Morgan fingerprint density at radius 1 is 1.21 bits per heavy atom. The number of sulfonamides is 1. The summed E-state index contributed by atoms with van der Waals surface area (Å²) in [6.45, 7) is 4.63. The molecule has 0 bridgehead atoms. The maximum absolute atomic E-state index is 13.4. The highest BCUT2D eigenvalue weighted by Crippen LogP contribution is 2.42. The van der Waals surface area contributed by atoms with Crippen molar-refractivity contribution in [3.05, 3.63) is 60.2 Å². The highest BCUT2D eigenvalue weighted by molar-refractivity contribution is 8.02. The van der Waals surface area contributed by atoms with Gasteiger partial charge in [0.25, 0.3) is 0 Å². The number of aliphatic imine (C=N–C) groups is 1. The van der Waals surface area contributed by atoms with Crippen LogP contribution in [0.15, 0.2) is 64.5 Å². The molecule has 42 heavy (non-hydrogen) atoms. The molecule has 1 aliphatic rings. The molecule has 2 aromatic rings. The second kappa shape index (κ2) is 15.7. The zero-order chi connectivity index (χ0) is 30.6. The van der Waals surface area contributed by atoms with Gasteiger partial charge < -0.3 is 11.1 Å². The first-order valence-electron chi connectivity index (χ1n) is 13.3. The monoisotopic (exact) mass is 619 g/mol. The van der Waals surface area contributed by atoms with E-state index in [9.17, 15) is 18.5 Å². The Morgan fingerprint density at radius 2 is 1.93 bits per heavy atom. The van der Waals surface area contributed by atoms with Crippen molar-refractivity contribution in [3.63, 3.8) is 0 Å². The predicted octanol–water partition coefficient (Wildman–Crippen LogP) is 2.60. The summed E-state index contributed by atoms with van der Waals surface area (Å²) in [5.74, 6) is -0.339. The molecule has 0 saturated carbocycles. The number of amides is 1. The Hall–Kier alpha value is -3.39. The Kier molecular flexibility index (Phi) is 12.4. The van der Waals surface area contributed by atoms with Crippen LogP contribution in [0.4, 0.5) is 5.69 Å². The predicted molar refractivity (Wildman–Crippen MR) is 160 cm³/mol. The number of anilines is 1. The summed E-state index contributed by atoms with van der Waals surface area (Å²) in [5.41, 5.74) is 9.82. The fourth-order valence-corrected chi connectivity index (χ4v) is 7.47. The van der Waals surface area contributed by atoms with Gasteiger partial charge in [-0.15, -0.1) is 11.8 Å². The Balaban J connectivity index is 1.49. The van der Waals surface area contributed by atoms with Crippen molar-refractivity contribution in [2.45, 2.75) is 61.4 Å². The first-order valence-corrected chi connectivity index (χ1v) is 15.7. The lowest BCUT2D eigenvalue weighted by atomic mass is 10.0. The molecule has 0 radical (unpaired) electrons. The van der Waals surface area contributed by atoms with Crippen molar-refractivity contribution < 1.29 is 28.2 Å². The quantitative estimate of drug-likeness (QED) is 0.0288. The van der Waals surface area contributed by atoms with E-state index < -0.39 is 32.9 Å². The molecule has 2 unspecified atom stereocenters. The van der Waals surface area contributed by atoms with Gasteiger partial charge in [0.15, 0.2) is 12.4 Å². The Morgan fingerprint density at radius 3 is 2.60 bits per heavy atom. The summed E-state index contributed by atoms with van der Waals surface area (Å²) in [4.78, 5) is 27.5. The minimum Gasteiger partial charge on any atom is -0.369 e. The number of rotatable bonds is 15. The number of hydrogen-bond acceptors (Lipinski definition) is 10. The van der Waals surface area contributed by atoms with E-state index in [1.807, 2.05) is 13.8 Å². The molecule has 228 valence electrons. The number of thioether (sulfide) groups is 1. The standard InChI is InChI=1S/C27H37N7O6S2/c1-27(2)24(34(19-41-27)42(37,38)22-9-5-3-6-10-22)25(35)32-23(40-36)17-20-11-13-21(14-12-20)33-39-16-8-4-7-15-30-26(29)31-18-28/h3,5-6,9-14,23-24,33,36H,4,7-8,15-17,19H2,1-2H3,(H,32,35)(H3,29,30,31). The van der Waals surface area contributed by atoms with E-state index in [4.69, 9.17) is 15.8 Å². The van der Waals surface area contributed by atoms with Crippen LogP contribution in [0.3, 0.4) is 0 Å². The van der Waals surface area contributed by atoms with E-state index in [-0.39, 0.29) is 23.2 Å². The third-order valence-electron chi connectivity index (χ3n) is 6.47. The van der Waals surface area contributed by atoms with Gasteiger partial charge in [-0.3, -0.25) is 25.4 Å². The molecule has 1 fully saturated rings. The van der Waals surface area contributed by atoms with Gasteiger partial charge in [-0.1, -0.05) is 30.3 Å². The van der Waals surface area contributed by atoms with Crippen molar-refractivity contribution in [1.29, 1.82) is 5.26 Å². The first kappa shape index (κ1) is 33.1. The molecule has 1 saturated heterocycles. The molecule has 0 aromatic heterocycles. The number of nitrogens with zero attached hydrogens (tertiary/aromatic N) is 3. The van der Waals surface area contributed by atoms with Crippen LogP contribution in [0.25, 0.3) is 0 Å². The second-order valence-corrected chi connectivity index (χ2v) is 13.5. The minimum absolute atomic E-state index is 0.107. The molecule has 1 aliphatic heterocycles. The number of nitrogens with one attached hydrogen (secondary N) is 3.